The predicted octanol–water partition coefficient (Wildman–Crippen LogP) is 0.500. The van der Waals surface area contributed by atoms with E-state index in [9.17, 15) is 0 Å². The van der Waals surface area contributed by atoms with Crippen LogP contribution in [0.4, 0.5) is 0 Å². The zero-order valence-corrected chi connectivity index (χ0v) is 5.86. The Kier molecular flexibility index (Phi) is 1.25. The second-order valence-corrected chi connectivity index (χ2v) is 2.37. The van der Waals surface area contributed by atoms with Crippen molar-refractivity contribution in [1.29, 1.82) is 0 Å². The van der Waals surface area contributed by atoms with Crippen LogP contribution in [-0.4, -0.2) is 5.11 Å². The molecule has 0 saturated heterocycles. The van der Waals surface area contributed by atoms with Gasteiger partial charge in [-0.15, -0.1) is 0 Å². The minimum Gasteiger partial charge on any atom is -0.513 e. The van der Waals surface area contributed by atoms with Gasteiger partial charge in [0.25, 0.3) is 0 Å². The third kappa shape index (κ3) is 0.923. The van der Waals surface area contributed by atoms with E-state index in [2.05, 4.69) is 4.99 Å². The number of hydrogen-bond donors (Lipinski definition) is 1. The van der Waals surface area contributed by atoms with Gasteiger partial charge in [0, 0.05) is 5.22 Å². The molecule has 2 nitrogen and oxygen atoms in total. The Hall–Kier alpha value is -1.57. The molecule has 11 heavy (non-hydrogen) atoms. The molecule has 0 unspecified atom stereocenters. The van der Waals surface area contributed by atoms with Gasteiger partial charge < -0.3 is 5.11 Å². The average molecular weight is 145 g/mol. The molecule has 2 rings (SSSR count). The maximum Gasteiger partial charge on any atom is 0.105 e. The molecule has 54 valence electrons. The lowest BCUT2D eigenvalue weighted by atomic mass is 10.3. The molecule has 2 heteroatoms. The molecular formula is C9H7NO. The Labute approximate surface area is 63.8 Å². The molecule has 1 aliphatic heterocycles. The van der Waals surface area contributed by atoms with Crippen LogP contribution in [0.5, 0.6) is 0 Å². The molecule has 0 atom stereocenters. The monoisotopic (exact) mass is 145 g/mol. The summed E-state index contributed by atoms with van der Waals surface area (Å²) in [6.45, 7) is 0. The van der Waals surface area contributed by atoms with Crippen molar-refractivity contribution in [1.82, 2.24) is 0 Å². The molecule has 0 spiro atoms. The maximum absolute atomic E-state index is 8.65. The van der Waals surface area contributed by atoms with Crippen molar-refractivity contribution < 1.29 is 5.11 Å². The first-order chi connectivity index (χ1) is 5.40. The summed E-state index contributed by atoms with van der Waals surface area (Å²) in [5.74, 6) is 0. The van der Waals surface area contributed by atoms with Crippen LogP contribution in [0.1, 0.15) is 0 Å². The lowest BCUT2D eigenvalue weighted by molar-refractivity contribution is 0.469. The number of rotatable bonds is 0. The molecule has 1 N–H and O–H groups in total. The van der Waals surface area contributed by atoms with Gasteiger partial charge >= 0.3 is 0 Å². The van der Waals surface area contributed by atoms with Crippen LogP contribution in [0, 0.1) is 0 Å². The van der Waals surface area contributed by atoms with Gasteiger partial charge in [-0.05, 0) is 12.1 Å². The molecule has 0 amide bonds. The number of para-hydroxylation sites is 1. The van der Waals surface area contributed by atoms with Crippen LogP contribution in [-0.2, 0) is 0 Å². The molecule has 0 aromatic heterocycles. The van der Waals surface area contributed by atoms with E-state index in [1.165, 1.54) is 0 Å². The van der Waals surface area contributed by atoms with Gasteiger partial charge in [-0.3, -0.25) is 0 Å². The largest absolute Gasteiger partial charge is 0.513 e. The average Bonchev–Trinajstić information content (AvgIpc) is 2.46. The Morgan fingerprint density at radius 3 is 2.82 bits per heavy atom. The minimum absolute atomic E-state index is 0.617. The second-order valence-electron chi connectivity index (χ2n) is 2.37. The van der Waals surface area contributed by atoms with Crippen molar-refractivity contribution in [3.63, 3.8) is 0 Å². The molecular weight excluding hydrogens is 138 g/mol. The van der Waals surface area contributed by atoms with Gasteiger partial charge in [0.1, 0.15) is 6.26 Å². The van der Waals surface area contributed by atoms with E-state index in [-0.39, 0.29) is 0 Å². The van der Waals surface area contributed by atoms with Crippen molar-refractivity contribution >= 4 is 6.08 Å². The summed E-state index contributed by atoms with van der Waals surface area (Å²) < 4.78 is 0. The fraction of sp³-hybridized carbons (Fsp3) is 0. The first-order valence-electron chi connectivity index (χ1n) is 3.40. The highest BCUT2D eigenvalue weighted by molar-refractivity contribution is 5.48. The summed E-state index contributed by atoms with van der Waals surface area (Å²) in [4.78, 5) is 4.13. The molecule has 0 fully saturated rings. The molecule has 0 bridgehead atoms. The third-order valence-electron chi connectivity index (χ3n) is 1.62. The highest BCUT2D eigenvalue weighted by atomic mass is 16.2. The van der Waals surface area contributed by atoms with E-state index in [0.29, 0.717) is 5.70 Å². The number of aliphatic hydroxyl groups is 1. The quantitative estimate of drug-likeness (QED) is 0.530. The fourth-order valence-electron chi connectivity index (χ4n) is 1.11. The Morgan fingerprint density at radius 2 is 2.09 bits per heavy atom. The van der Waals surface area contributed by atoms with Crippen LogP contribution >= 0.6 is 0 Å². The molecule has 0 radical (unpaired) electrons. The van der Waals surface area contributed by atoms with E-state index in [1.54, 1.807) is 0 Å². The highest BCUT2D eigenvalue weighted by Crippen LogP contribution is 1.97. The topological polar surface area (TPSA) is 32.6 Å². The standard InChI is InChI=1S/C9H7NO/c11-6-8-5-7-3-1-2-4-9(7)10-8/h1-6,11H. The van der Waals surface area contributed by atoms with Gasteiger partial charge in [0.15, 0.2) is 0 Å². The lowest BCUT2D eigenvalue weighted by Gasteiger charge is -1.79. The molecule has 0 saturated carbocycles. The Balaban J connectivity index is 2.81. The lowest BCUT2D eigenvalue weighted by Crippen LogP contribution is -2.19. The smallest absolute Gasteiger partial charge is 0.105 e. The number of hydrogen-bond acceptors (Lipinski definition) is 2. The van der Waals surface area contributed by atoms with Crippen molar-refractivity contribution in [3.8, 4) is 0 Å². The number of benzene rings is 1. The van der Waals surface area contributed by atoms with E-state index in [1.807, 2.05) is 30.3 Å². The summed E-state index contributed by atoms with van der Waals surface area (Å²) in [6.07, 6.45) is 2.86. The van der Waals surface area contributed by atoms with Crippen LogP contribution in [0.2, 0.25) is 0 Å². The number of aliphatic hydroxyl groups excluding tert-OH is 1. The maximum atomic E-state index is 8.65. The second kappa shape index (κ2) is 2.23. The first-order valence-corrected chi connectivity index (χ1v) is 3.40. The van der Waals surface area contributed by atoms with Gasteiger partial charge in [0.05, 0.1) is 11.1 Å². The number of nitrogens with zero attached hydrogens (tertiary/aromatic N) is 1. The molecule has 1 heterocycles. The zero-order chi connectivity index (χ0) is 7.68. The van der Waals surface area contributed by atoms with Crippen molar-refractivity contribution in [3.05, 3.63) is 46.8 Å². The van der Waals surface area contributed by atoms with E-state index in [0.717, 1.165) is 16.8 Å². The van der Waals surface area contributed by atoms with Crippen molar-refractivity contribution in [2.75, 3.05) is 0 Å². The minimum atomic E-state index is 0.617. The summed E-state index contributed by atoms with van der Waals surface area (Å²) in [5.41, 5.74) is 0.617. The van der Waals surface area contributed by atoms with Crippen LogP contribution in [0.15, 0.2) is 41.2 Å². The van der Waals surface area contributed by atoms with Gasteiger partial charge in [0.2, 0.25) is 0 Å². The van der Waals surface area contributed by atoms with Crippen molar-refractivity contribution in [2.45, 2.75) is 0 Å². The SMILES string of the molecule is OC=C1C=c2ccccc2=N1. The van der Waals surface area contributed by atoms with Gasteiger partial charge in [-0.25, -0.2) is 4.99 Å². The van der Waals surface area contributed by atoms with E-state index in [4.69, 9.17) is 5.11 Å². The van der Waals surface area contributed by atoms with Gasteiger partial charge in [-0.1, -0.05) is 18.2 Å². The van der Waals surface area contributed by atoms with Crippen LogP contribution in [0.25, 0.3) is 6.08 Å². The fourth-order valence-corrected chi connectivity index (χ4v) is 1.11. The summed E-state index contributed by atoms with van der Waals surface area (Å²) >= 11 is 0. The van der Waals surface area contributed by atoms with Crippen molar-refractivity contribution in [2.24, 2.45) is 4.99 Å². The predicted molar refractivity (Wildman–Crippen MR) is 42.4 cm³/mol. The first kappa shape index (κ1) is 6.16. The molecule has 1 aromatic rings. The van der Waals surface area contributed by atoms with Gasteiger partial charge in [-0.2, -0.15) is 0 Å². The number of allylic oxidation sites excluding steroid dienone is 1. The summed E-state index contributed by atoms with van der Waals surface area (Å²) in [6, 6.07) is 7.76. The third-order valence-corrected chi connectivity index (χ3v) is 1.62. The Morgan fingerprint density at radius 1 is 1.27 bits per heavy atom. The summed E-state index contributed by atoms with van der Waals surface area (Å²) in [7, 11) is 0. The van der Waals surface area contributed by atoms with Crippen LogP contribution in [0.3, 0.4) is 0 Å². The molecule has 1 aromatic carbocycles. The zero-order valence-electron chi connectivity index (χ0n) is 5.86. The molecule has 0 aliphatic carbocycles. The molecule has 1 aliphatic rings. The Bertz CT molecular complexity index is 380. The van der Waals surface area contributed by atoms with E-state index < -0.39 is 0 Å². The van der Waals surface area contributed by atoms with Crippen LogP contribution < -0.4 is 10.6 Å². The van der Waals surface area contributed by atoms with E-state index >= 15 is 0 Å². The highest BCUT2D eigenvalue weighted by Gasteiger charge is 1.97. The number of fused-ring (bicyclic) bond motifs is 1. The summed E-state index contributed by atoms with van der Waals surface area (Å²) in [5, 5.41) is 10.6. The normalized spacial score (nSPS) is 17.3.